The number of aryl methyl sites for hydroxylation is 3. The standard InChI is InChI=1S/C22H21N3O3S2/c1-13-19(14(2)28-25-13)11-27-17-6-4-16(5-7-17)22(26)23-10-18-8-9-21(30-18)20-12-29-15(3)24-20/h4-9,12H,10-11H2,1-3H3,(H,23,26). The van der Waals surface area contributed by atoms with E-state index in [0.717, 1.165) is 37.5 Å². The van der Waals surface area contributed by atoms with Gasteiger partial charge in [0.2, 0.25) is 0 Å². The minimum Gasteiger partial charge on any atom is -0.489 e. The van der Waals surface area contributed by atoms with Gasteiger partial charge in [0.05, 0.1) is 33.4 Å². The first-order chi connectivity index (χ1) is 14.5. The van der Waals surface area contributed by atoms with Crippen molar-refractivity contribution in [1.29, 1.82) is 0 Å². The molecule has 0 saturated carbocycles. The normalized spacial score (nSPS) is 10.9. The van der Waals surface area contributed by atoms with Gasteiger partial charge in [0.1, 0.15) is 18.1 Å². The van der Waals surface area contributed by atoms with Crippen LogP contribution in [0.3, 0.4) is 0 Å². The number of carbonyl (C=O) groups is 1. The fourth-order valence-electron chi connectivity index (χ4n) is 2.92. The Bertz CT molecular complexity index is 1140. The van der Waals surface area contributed by atoms with Crippen LogP contribution < -0.4 is 10.1 Å². The summed E-state index contributed by atoms with van der Waals surface area (Å²) in [6.45, 7) is 6.61. The van der Waals surface area contributed by atoms with Crippen LogP contribution >= 0.6 is 22.7 Å². The van der Waals surface area contributed by atoms with Gasteiger partial charge in [-0.25, -0.2) is 4.98 Å². The van der Waals surface area contributed by atoms with Crippen molar-refractivity contribution in [3.8, 4) is 16.3 Å². The second kappa shape index (κ2) is 8.81. The number of hydrogen-bond donors (Lipinski definition) is 1. The number of ether oxygens (including phenoxy) is 1. The first-order valence-electron chi connectivity index (χ1n) is 9.43. The van der Waals surface area contributed by atoms with Gasteiger partial charge < -0.3 is 14.6 Å². The third kappa shape index (κ3) is 4.60. The Hall–Kier alpha value is -2.97. The van der Waals surface area contributed by atoms with Crippen molar-refractivity contribution in [3.05, 3.63) is 74.2 Å². The van der Waals surface area contributed by atoms with E-state index < -0.39 is 0 Å². The zero-order valence-corrected chi connectivity index (χ0v) is 18.5. The van der Waals surface area contributed by atoms with E-state index in [2.05, 4.69) is 20.8 Å². The molecule has 0 unspecified atom stereocenters. The predicted octanol–water partition coefficient (Wildman–Crippen LogP) is 5.29. The number of benzene rings is 1. The number of nitrogens with one attached hydrogen (secondary N) is 1. The quantitative estimate of drug-likeness (QED) is 0.423. The van der Waals surface area contributed by atoms with E-state index in [-0.39, 0.29) is 5.91 Å². The molecule has 3 heterocycles. The maximum Gasteiger partial charge on any atom is 0.251 e. The summed E-state index contributed by atoms with van der Waals surface area (Å²) in [5.74, 6) is 1.32. The van der Waals surface area contributed by atoms with Crippen LogP contribution in [0, 0.1) is 20.8 Å². The second-order valence-corrected chi connectivity index (χ2v) is 9.05. The van der Waals surface area contributed by atoms with E-state index in [4.69, 9.17) is 9.26 Å². The van der Waals surface area contributed by atoms with Crippen LogP contribution in [0.15, 0.2) is 46.3 Å². The van der Waals surface area contributed by atoms with Crippen LogP contribution in [0.4, 0.5) is 0 Å². The van der Waals surface area contributed by atoms with Gasteiger partial charge in [-0.2, -0.15) is 0 Å². The first-order valence-corrected chi connectivity index (χ1v) is 11.1. The van der Waals surface area contributed by atoms with Crippen molar-refractivity contribution in [1.82, 2.24) is 15.5 Å². The molecule has 154 valence electrons. The molecule has 4 rings (SSSR count). The van der Waals surface area contributed by atoms with Crippen LogP contribution in [0.2, 0.25) is 0 Å². The molecule has 0 bridgehead atoms. The number of rotatable bonds is 7. The zero-order chi connectivity index (χ0) is 21.1. The topological polar surface area (TPSA) is 77.2 Å². The largest absolute Gasteiger partial charge is 0.489 e. The molecule has 4 aromatic rings. The molecular weight excluding hydrogens is 418 g/mol. The first kappa shape index (κ1) is 20.3. The Morgan fingerprint density at radius 2 is 1.93 bits per heavy atom. The van der Waals surface area contributed by atoms with Crippen LogP contribution in [-0.2, 0) is 13.2 Å². The number of nitrogens with zero attached hydrogens (tertiary/aromatic N) is 2. The van der Waals surface area contributed by atoms with Crippen molar-refractivity contribution < 1.29 is 14.1 Å². The van der Waals surface area contributed by atoms with E-state index in [0.29, 0.717) is 24.5 Å². The third-order valence-electron chi connectivity index (χ3n) is 4.64. The number of aromatic nitrogens is 2. The van der Waals surface area contributed by atoms with E-state index >= 15 is 0 Å². The van der Waals surface area contributed by atoms with Crippen LogP contribution in [0.25, 0.3) is 10.6 Å². The maximum atomic E-state index is 12.5. The molecule has 1 amide bonds. The molecule has 0 radical (unpaired) electrons. The minimum absolute atomic E-state index is 0.119. The Kier molecular flexibility index (Phi) is 5.96. The molecule has 3 aromatic heterocycles. The lowest BCUT2D eigenvalue weighted by molar-refractivity contribution is 0.0951. The van der Waals surface area contributed by atoms with Crippen molar-refractivity contribution >= 4 is 28.6 Å². The fraction of sp³-hybridized carbons (Fsp3) is 0.227. The van der Waals surface area contributed by atoms with Gasteiger partial charge in [0, 0.05) is 15.8 Å². The van der Waals surface area contributed by atoms with E-state index in [1.54, 1.807) is 46.9 Å². The SMILES string of the molecule is Cc1nc(-c2ccc(CNC(=O)c3ccc(OCc4c(C)noc4C)cc3)s2)cs1. The third-order valence-corrected chi connectivity index (χ3v) is 6.52. The summed E-state index contributed by atoms with van der Waals surface area (Å²) in [5.41, 5.74) is 3.35. The number of thiophene rings is 1. The predicted molar refractivity (Wildman–Crippen MR) is 118 cm³/mol. The molecule has 6 nitrogen and oxygen atoms in total. The lowest BCUT2D eigenvalue weighted by Crippen LogP contribution is -2.22. The average molecular weight is 440 g/mol. The molecule has 0 spiro atoms. The van der Waals surface area contributed by atoms with Gasteiger partial charge in [-0.1, -0.05) is 5.16 Å². The van der Waals surface area contributed by atoms with E-state index in [1.807, 2.05) is 32.9 Å². The number of thiazole rings is 1. The van der Waals surface area contributed by atoms with E-state index in [1.165, 1.54) is 0 Å². The van der Waals surface area contributed by atoms with Gasteiger partial charge in [-0.05, 0) is 57.2 Å². The molecule has 30 heavy (non-hydrogen) atoms. The van der Waals surface area contributed by atoms with E-state index in [9.17, 15) is 4.79 Å². The monoisotopic (exact) mass is 439 g/mol. The molecule has 0 aliphatic heterocycles. The average Bonchev–Trinajstić information content (AvgIpc) is 3.46. The van der Waals surface area contributed by atoms with Crippen molar-refractivity contribution in [2.75, 3.05) is 0 Å². The van der Waals surface area contributed by atoms with Gasteiger partial charge in [-0.15, -0.1) is 22.7 Å². The molecule has 0 saturated heterocycles. The Labute approximate surface area is 182 Å². The summed E-state index contributed by atoms with van der Waals surface area (Å²) >= 11 is 3.28. The van der Waals surface area contributed by atoms with Gasteiger partial charge in [0.15, 0.2) is 0 Å². The lowest BCUT2D eigenvalue weighted by Gasteiger charge is -2.07. The maximum absolute atomic E-state index is 12.5. The Morgan fingerprint density at radius 3 is 2.60 bits per heavy atom. The molecule has 0 aliphatic rings. The van der Waals surface area contributed by atoms with Gasteiger partial charge in [-0.3, -0.25) is 4.79 Å². The van der Waals surface area contributed by atoms with Gasteiger partial charge >= 0.3 is 0 Å². The van der Waals surface area contributed by atoms with Crippen molar-refractivity contribution in [2.24, 2.45) is 0 Å². The van der Waals surface area contributed by atoms with Crippen molar-refractivity contribution in [2.45, 2.75) is 33.9 Å². The molecule has 0 aliphatic carbocycles. The minimum atomic E-state index is -0.119. The summed E-state index contributed by atoms with van der Waals surface area (Å²) < 4.78 is 10.9. The molecule has 0 fully saturated rings. The number of hydrogen-bond acceptors (Lipinski definition) is 7. The highest BCUT2D eigenvalue weighted by molar-refractivity contribution is 7.16. The molecular formula is C22H21N3O3S2. The second-order valence-electron chi connectivity index (χ2n) is 6.82. The highest BCUT2D eigenvalue weighted by Gasteiger charge is 2.11. The summed E-state index contributed by atoms with van der Waals surface area (Å²) in [7, 11) is 0. The Morgan fingerprint density at radius 1 is 1.13 bits per heavy atom. The smallest absolute Gasteiger partial charge is 0.251 e. The molecule has 8 heteroatoms. The fourth-order valence-corrected chi connectivity index (χ4v) is 4.52. The summed E-state index contributed by atoms with van der Waals surface area (Å²) in [6.07, 6.45) is 0. The van der Waals surface area contributed by atoms with Crippen LogP contribution in [-0.4, -0.2) is 16.0 Å². The highest BCUT2D eigenvalue weighted by atomic mass is 32.1. The lowest BCUT2D eigenvalue weighted by atomic mass is 10.2. The summed E-state index contributed by atoms with van der Waals surface area (Å²) in [4.78, 5) is 19.2. The van der Waals surface area contributed by atoms with Crippen LogP contribution in [0.1, 0.15) is 37.3 Å². The molecule has 0 atom stereocenters. The zero-order valence-electron chi connectivity index (χ0n) is 16.9. The molecule has 1 N–H and O–H groups in total. The number of carbonyl (C=O) groups excluding carboxylic acids is 1. The van der Waals surface area contributed by atoms with Gasteiger partial charge in [0.25, 0.3) is 5.91 Å². The summed E-state index contributed by atoms with van der Waals surface area (Å²) in [6, 6.07) is 11.2. The van der Waals surface area contributed by atoms with Crippen LogP contribution in [0.5, 0.6) is 5.75 Å². The Balaban J connectivity index is 1.31. The highest BCUT2D eigenvalue weighted by Crippen LogP contribution is 2.29. The molecule has 1 aromatic carbocycles. The number of amides is 1. The van der Waals surface area contributed by atoms with Crippen molar-refractivity contribution in [3.63, 3.8) is 0 Å². The summed E-state index contributed by atoms with van der Waals surface area (Å²) in [5, 5.41) is 9.99.